The van der Waals surface area contributed by atoms with Crippen molar-refractivity contribution in [2.45, 2.75) is 32.7 Å². The molecule has 0 atom stereocenters. The van der Waals surface area contributed by atoms with Crippen LogP contribution in [-0.4, -0.2) is 27.6 Å². The standard InChI is InChI=1S/C22H21BrN4O2/c1-13-20(14(2)27(26-13)19-10-6-16(23)7-11-19)22(29)25-18-5-3-4-15(12-18)21(28)24-17-8-9-17/h3-7,10-12,17H,8-9H2,1-2H3,(H,24,28)(H,25,29). The Bertz CT molecular complexity index is 1080. The Balaban J connectivity index is 1.56. The van der Waals surface area contributed by atoms with E-state index in [0.29, 0.717) is 22.5 Å². The number of amides is 2. The molecule has 1 aliphatic rings. The van der Waals surface area contributed by atoms with E-state index in [-0.39, 0.29) is 17.9 Å². The first kappa shape index (κ1) is 19.4. The van der Waals surface area contributed by atoms with Gasteiger partial charge in [-0.15, -0.1) is 0 Å². The summed E-state index contributed by atoms with van der Waals surface area (Å²) in [6, 6.07) is 15.0. The fourth-order valence-electron chi connectivity index (χ4n) is 3.23. The Kier molecular flexibility index (Phi) is 5.24. The lowest BCUT2D eigenvalue weighted by molar-refractivity contribution is 0.0949. The number of hydrogen-bond donors (Lipinski definition) is 2. The molecule has 4 rings (SSSR count). The topological polar surface area (TPSA) is 76.0 Å². The van der Waals surface area contributed by atoms with E-state index in [1.165, 1.54) is 0 Å². The zero-order valence-electron chi connectivity index (χ0n) is 16.2. The third-order valence-electron chi connectivity index (χ3n) is 4.88. The summed E-state index contributed by atoms with van der Waals surface area (Å²) in [5.41, 5.74) is 3.92. The van der Waals surface area contributed by atoms with Crippen LogP contribution in [0.2, 0.25) is 0 Å². The summed E-state index contributed by atoms with van der Waals surface area (Å²) in [5.74, 6) is -0.359. The number of carbonyl (C=O) groups is 2. The van der Waals surface area contributed by atoms with E-state index in [2.05, 4.69) is 31.7 Å². The van der Waals surface area contributed by atoms with Crippen molar-refractivity contribution in [3.8, 4) is 5.69 Å². The third kappa shape index (κ3) is 4.24. The van der Waals surface area contributed by atoms with Crippen molar-refractivity contribution in [1.29, 1.82) is 0 Å². The highest BCUT2D eigenvalue weighted by Crippen LogP contribution is 2.22. The van der Waals surface area contributed by atoms with E-state index in [4.69, 9.17) is 0 Å². The Hall–Kier alpha value is -2.93. The molecule has 0 saturated heterocycles. The highest BCUT2D eigenvalue weighted by atomic mass is 79.9. The van der Waals surface area contributed by atoms with E-state index in [1.54, 1.807) is 28.9 Å². The number of benzene rings is 2. The molecule has 7 heteroatoms. The number of carbonyl (C=O) groups excluding carboxylic acids is 2. The number of rotatable bonds is 5. The molecule has 1 fully saturated rings. The zero-order chi connectivity index (χ0) is 20.5. The molecule has 0 radical (unpaired) electrons. The molecule has 29 heavy (non-hydrogen) atoms. The van der Waals surface area contributed by atoms with Gasteiger partial charge in [0.2, 0.25) is 0 Å². The fourth-order valence-corrected chi connectivity index (χ4v) is 3.50. The molecule has 1 aromatic heterocycles. The number of aromatic nitrogens is 2. The van der Waals surface area contributed by atoms with Gasteiger partial charge in [-0.1, -0.05) is 22.0 Å². The number of aryl methyl sites for hydroxylation is 1. The lowest BCUT2D eigenvalue weighted by Gasteiger charge is -2.09. The number of hydrogen-bond acceptors (Lipinski definition) is 3. The van der Waals surface area contributed by atoms with Crippen LogP contribution < -0.4 is 10.6 Å². The maximum atomic E-state index is 13.0. The monoisotopic (exact) mass is 452 g/mol. The van der Waals surface area contributed by atoms with E-state index in [9.17, 15) is 9.59 Å². The highest BCUT2D eigenvalue weighted by molar-refractivity contribution is 9.10. The van der Waals surface area contributed by atoms with Gasteiger partial charge in [-0.05, 0) is 69.2 Å². The second-order valence-electron chi connectivity index (χ2n) is 7.22. The molecule has 1 heterocycles. The van der Waals surface area contributed by atoms with Crippen LogP contribution in [0.3, 0.4) is 0 Å². The number of anilines is 1. The minimum absolute atomic E-state index is 0.112. The molecule has 0 spiro atoms. The minimum Gasteiger partial charge on any atom is -0.349 e. The Morgan fingerprint density at radius 2 is 1.79 bits per heavy atom. The summed E-state index contributed by atoms with van der Waals surface area (Å²) in [6.45, 7) is 3.69. The molecule has 6 nitrogen and oxygen atoms in total. The van der Waals surface area contributed by atoms with Gasteiger partial charge in [-0.3, -0.25) is 9.59 Å². The third-order valence-corrected chi connectivity index (χ3v) is 5.41. The predicted molar refractivity (Wildman–Crippen MR) is 116 cm³/mol. The van der Waals surface area contributed by atoms with Gasteiger partial charge in [0.25, 0.3) is 11.8 Å². The summed E-state index contributed by atoms with van der Waals surface area (Å²) < 4.78 is 2.74. The van der Waals surface area contributed by atoms with Crippen LogP contribution in [0.1, 0.15) is 44.9 Å². The largest absolute Gasteiger partial charge is 0.349 e. The number of nitrogens with zero attached hydrogens (tertiary/aromatic N) is 2. The first-order valence-electron chi connectivity index (χ1n) is 9.47. The Morgan fingerprint density at radius 3 is 2.48 bits per heavy atom. The fraction of sp³-hybridized carbons (Fsp3) is 0.227. The minimum atomic E-state index is -0.247. The van der Waals surface area contributed by atoms with E-state index in [1.807, 2.05) is 38.1 Å². The SMILES string of the molecule is Cc1nn(-c2ccc(Br)cc2)c(C)c1C(=O)Nc1cccc(C(=O)NC2CC2)c1. The van der Waals surface area contributed by atoms with Gasteiger partial charge in [0, 0.05) is 21.8 Å². The second kappa shape index (κ2) is 7.83. The zero-order valence-corrected chi connectivity index (χ0v) is 17.8. The highest BCUT2D eigenvalue weighted by Gasteiger charge is 2.24. The lowest BCUT2D eigenvalue weighted by atomic mass is 10.1. The van der Waals surface area contributed by atoms with Gasteiger partial charge < -0.3 is 10.6 Å². The average molecular weight is 453 g/mol. The predicted octanol–water partition coefficient (Wildman–Crippen LogP) is 4.40. The number of halogens is 1. The molecule has 1 aliphatic carbocycles. The Labute approximate surface area is 177 Å². The smallest absolute Gasteiger partial charge is 0.259 e. The van der Waals surface area contributed by atoms with Crippen LogP contribution >= 0.6 is 15.9 Å². The van der Waals surface area contributed by atoms with Crippen molar-refractivity contribution >= 4 is 33.4 Å². The normalized spacial score (nSPS) is 13.2. The second-order valence-corrected chi connectivity index (χ2v) is 8.13. The van der Waals surface area contributed by atoms with Crippen LogP contribution in [0.15, 0.2) is 53.0 Å². The summed E-state index contributed by atoms with van der Waals surface area (Å²) in [4.78, 5) is 25.2. The molecule has 2 amide bonds. The van der Waals surface area contributed by atoms with Crippen LogP contribution in [0, 0.1) is 13.8 Å². The van der Waals surface area contributed by atoms with E-state index < -0.39 is 0 Å². The molecule has 0 unspecified atom stereocenters. The molecule has 0 aliphatic heterocycles. The maximum absolute atomic E-state index is 13.0. The van der Waals surface area contributed by atoms with Crippen LogP contribution in [0.4, 0.5) is 5.69 Å². The van der Waals surface area contributed by atoms with Crippen molar-refractivity contribution in [2.75, 3.05) is 5.32 Å². The van der Waals surface area contributed by atoms with Gasteiger partial charge in [0.1, 0.15) is 0 Å². The van der Waals surface area contributed by atoms with Gasteiger partial charge in [0.15, 0.2) is 0 Å². The molecule has 148 valence electrons. The van der Waals surface area contributed by atoms with Gasteiger partial charge >= 0.3 is 0 Å². The first-order valence-corrected chi connectivity index (χ1v) is 10.3. The van der Waals surface area contributed by atoms with Gasteiger partial charge in [0.05, 0.1) is 22.6 Å². The van der Waals surface area contributed by atoms with Crippen molar-refractivity contribution in [2.24, 2.45) is 0 Å². The number of nitrogens with one attached hydrogen (secondary N) is 2. The van der Waals surface area contributed by atoms with Crippen molar-refractivity contribution in [1.82, 2.24) is 15.1 Å². The van der Waals surface area contributed by atoms with Gasteiger partial charge in [-0.2, -0.15) is 5.10 Å². The maximum Gasteiger partial charge on any atom is 0.259 e. The quantitative estimate of drug-likeness (QED) is 0.602. The average Bonchev–Trinajstić information content (AvgIpc) is 3.45. The van der Waals surface area contributed by atoms with E-state index >= 15 is 0 Å². The lowest BCUT2D eigenvalue weighted by Crippen LogP contribution is -2.25. The summed E-state index contributed by atoms with van der Waals surface area (Å²) >= 11 is 3.43. The molecule has 2 aromatic carbocycles. The summed E-state index contributed by atoms with van der Waals surface area (Å²) in [5, 5.41) is 10.4. The molecular weight excluding hydrogens is 432 g/mol. The molecule has 1 saturated carbocycles. The van der Waals surface area contributed by atoms with Crippen LogP contribution in [0.25, 0.3) is 5.69 Å². The van der Waals surface area contributed by atoms with E-state index in [0.717, 1.165) is 28.7 Å². The Morgan fingerprint density at radius 1 is 1.07 bits per heavy atom. The van der Waals surface area contributed by atoms with Crippen molar-refractivity contribution in [3.05, 3.63) is 75.5 Å². The van der Waals surface area contributed by atoms with Crippen LogP contribution in [-0.2, 0) is 0 Å². The van der Waals surface area contributed by atoms with Gasteiger partial charge in [-0.25, -0.2) is 4.68 Å². The summed E-state index contributed by atoms with van der Waals surface area (Å²) in [7, 11) is 0. The first-order chi connectivity index (χ1) is 13.9. The van der Waals surface area contributed by atoms with Crippen LogP contribution in [0.5, 0.6) is 0 Å². The molecule has 2 N–H and O–H groups in total. The summed E-state index contributed by atoms with van der Waals surface area (Å²) in [6.07, 6.45) is 2.06. The molecule has 3 aromatic rings. The van der Waals surface area contributed by atoms with Crippen molar-refractivity contribution < 1.29 is 9.59 Å². The molecule has 0 bridgehead atoms. The van der Waals surface area contributed by atoms with Crippen molar-refractivity contribution in [3.63, 3.8) is 0 Å². The molecular formula is C22H21BrN4O2.